The highest BCUT2D eigenvalue weighted by molar-refractivity contribution is 8.00. The zero-order valence-corrected chi connectivity index (χ0v) is 18.9. The minimum Gasteiger partial charge on any atom is -0.486 e. The van der Waals surface area contributed by atoms with Crippen molar-refractivity contribution in [2.45, 2.75) is 36.2 Å². The van der Waals surface area contributed by atoms with Crippen molar-refractivity contribution in [3.8, 4) is 22.9 Å². The number of rotatable bonds is 6. The molecule has 1 atom stereocenters. The summed E-state index contributed by atoms with van der Waals surface area (Å²) in [5.74, 6) is 2.09. The van der Waals surface area contributed by atoms with Crippen LogP contribution in [0.4, 0.5) is 5.69 Å². The average Bonchev–Trinajstić information content (AvgIpc) is 3.45. The Morgan fingerprint density at radius 2 is 1.97 bits per heavy atom. The minimum absolute atomic E-state index is 0.101. The fourth-order valence-electron chi connectivity index (χ4n) is 4.04. The Kier molecular flexibility index (Phi) is 4.98. The van der Waals surface area contributed by atoms with Crippen LogP contribution in [0.25, 0.3) is 22.3 Å². The quantitative estimate of drug-likeness (QED) is 0.406. The Balaban J connectivity index is 1.23. The van der Waals surface area contributed by atoms with Crippen LogP contribution in [0.1, 0.15) is 25.8 Å². The van der Waals surface area contributed by atoms with E-state index in [1.54, 1.807) is 6.07 Å². The summed E-state index contributed by atoms with van der Waals surface area (Å²) in [5, 5.41) is 13.5. The molecule has 2 N–H and O–H groups in total. The lowest BCUT2D eigenvalue weighted by atomic mass is 10.1. The Morgan fingerprint density at radius 1 is 1.15 bits per heavy atom. The first kappa shape index (κ1) is 20.2. The van der Waals surface area contributed by atoms with Gasteiger partial charge in [0.05, 0.1) is 5.25 Å². The van der Waals surface area contributed by atoms with E-state index < -0.39 is 0 Å². The van der Waals surface area contributed by atoms with Gasteiger partial charge >= 0.3 is 0 Å². The predicted molar refractivity (Wildman–Crippen MR) is 127 cm³/mol. The number of amides is 1. The molecular weight excluding hydrogens is 438 g/mol. The summed E-state index contributed by atoms with van der Waals surface area (Å²) in [4.78, 5) is 16.2. The van der Waals surface area contributed by atoms with Gasteiger partial charge in [-0.15, -0.1) is 10.2 Å². The molecule has 8 nitrogen and oxygen atoms in total. The van der Waals surface area contributed by atoms with Gasteiger partial charge in [0.25, 0.3) is 0 Å². The van der Waals surface area contributed by atoms with Gasteiger partial charge in [0.1, 0.15) is 13.2 Å². The molecule has 0 bridgehead atoms. The lowest BCUT2D eigenvalue weighted by molar-refractivity contribution is -0.115. The molecule has 3 heterocycles. The van der Waals surface area contributed by atoms with E-state index in [0.717, 1.165) is 40.3 Å². The van der Waals surface area contributed by atoms with E-state index in [9.17, 15) is 4.79 Å². The highest BCUT2D eigenvalue weighted by atomic mass is 32.2. The van der Waals surface area contributed by atoms with Crippen LogP contribution in [0.15, 0.2) is 53.8 Å². The van der Waals surface area contributed by atoms with Gasteiger partial charge in [-0.3, -0.25) is 9.36 Å². The second-order valence-electron chi connectivity index (χ2n) is 8.26. The summed E-state index contributed by atoms with van der Waals surface area (Å²) in [7, 11) is 0. The van der Waals surface area contributed by atoms with Crippen molar-refractivity contribution in [1.82, 2.24) is 19.7 Å². The van der Waals surface area contributed by atoms with Crippen molar-refractivity contribution in [3.05, 3.63) is 48.7 Å². The summed E-state index contributed by atoms with van der Waals surface area (Å²) in [6.45, 7) is 2.93. The molecule has 4 aromatic rings. The molecule has 2 aromatic carbocycles. The number of para-hydroxylation sites is 1. The maximum Gasteiger partial charge on any atom is 0.237 e. The number of ether oxygens (including phenoxy) is 2. The van der Waals surface area contributed by atoms with E-state index >= 15 is 0 Å². The van der Waals surface area contributed by atoms with Crippen LogP contribution in [0.3, 0.4) is 0 Å². The highest BCUT2D eigenvalue weighted by Crippen LogP contribution is 2.43. The average molecular weight is 462 g/mol. The largest absolute Gasteiger partial charge is 0.486 e. The van der Waals surface area contributed by atoms with E-state index in [1.165, 1.54) is 11.8 Å². The topological polar surface area (TPSA) is 94.1 Å². The van der Waals surface area contributed by atoms with Crippen LogP contribution in [-0.4, -0.2) is 44.1 Å². The number of fused-ring (bicyclic) bond motifs is 2. The SMILES string of the molecule is CC(Sc1nnc(-c2c[nH]c3ccccc23)n1C1CC1)C(=O)Nc1ccc2c(c1)OCCO2. The molecular formula is C24H23N5O3S. The first-order chi connectivity index (χ1) is 16.2. The van der Waals surface area contributed by atoms with Crippen LogP contribution in [-0.2, 0) is 4.79 Å². The van der Waals surface area contributed by atoms with Gasteiger partial charge in [-0.05, 0) is 38.0 Å². The molecule has 0 saturated heterocycles. The Labute approximate surface area is 194 Å². The van der Waals surface area contributed by atoms with Crippen molar-refractivity contribution in [1.29, 1.82) is 0 Å². The van der Waals surface area contributed by atoms with Gasteiger partial charge in [0, 0.05) is 40.5 Å². The maximum absolute atomic E-state index is 12.9. The van der Waals surface area contributed by atoms with Crippen molar-refractivity contribution in [3.63, 3.8) is 0 Å². The van der Waals surface area contributed by atoms with E-state index in [0.29, 0.717) is 36.4 Å². The molecule has 2 aromatic heterocycles. The molecule has 2 aliphatic rings. The predicted octanol–water partition coefficient (Wildman–Crippen LogP) is 4.65. The monoisotopic (exact) mass is 461 g/mol. The number of nitrogens with one attached hydrogen (secondary N) is 2. The lowest BCUT2D eigenvalue weighted by Gasteiger charge is -2.19. The molecule has 0 spiro atoms. The smallest absolute Gasteiger partial charge is 0.237 e. The third-order valence-electron chi connectivity index (χ3n) is 5.87. The second kappa shape index (κ2) is 8.15. The highest BCUT2D eigenvalue weighted by Gasteiger charge is 2.32. The summed E-state index contributed by atoms with van der Waals surface area (Å²) in [5.41, 5.74) is 2.78. The van der Waals surface area contributed by atoms with Gasteiger partial charge < -0.3 is 19.8 Å². The number of H-pyrrole nitrogens is 1. The van der Waals surface area contributed by atoms with Gasteiger partial charge in [0.15, 0.2) is 22.5 Å². The normalized spacial score (nSPS) is 16.0. The second-order valence-corrected chi connectivity index (χ2v) is 9.57. The summed E-state index contributed by atoms with van der Waals surface area (Å²) < 4.78 is 13.4. The van der Waals surface area contributed by atoms with Gasteiger partial charge in [-0.1, -0.05) is 30.0 Å². The summed E-state index contributed by atoms with van der Waals surface area (Å²) >= 11 is 1.43. The molecule has 1 aliphatic carbocycles. The Hall–Kier alpha value is -3.46. The van der Waals surface area contributed by atoms with Crippen LogP contribution in [0.2, 0.25) is 0 Å². The van der Waals surface area contributed by atoms with Crippen LogP contribution < -0.4 is 14.8 Å². The van der Waals surface area contributed by atoms with Gasteiger partial charge in [-0.2, -0.15) is 0 Å². The number of hydrogen-bond acceptors (Lipinski definition) is 6. The number of carbonyl (C=O) groups is 1. The fraction of sp³-hybridized carbons (Fsp3) is 0.292. The zero-order chi connectivity index (χ0) is 22.4. The lowest BCUT2D eigenvalue weighted by Crippen LogP contribution is -2.23. The van der Waals surface area contributed by atoms with Crippen molar-refractivity contribution in [2.24, 2.45) is 0 Å². The fourth-order valence-corrected chi connectivity index (χ4v) is 4.96. The summed E-state index contributed by atoms with van der Waals surface area (Å²) in [6.07, 6.45) is 4.18. The first-order valence-electron chi connectivity index (χ1n) is 11.1. The molecule has 1 aliphatic heterocycles. The number of anilines is 1. The molecule has 33 heavy (non-hydrogen) atoms. The van der Waals surface area contributed by atoms with E-state index in [2.05, 4.69) is 37.2 Å². The van der Waals surface area contributed by atoms with E-state index in [1.807, 2.05) is 37.4 Å². The van der Waals surface area contributed by atoms with Crippen molar-refractivity contribution >= 4 is 34.3 Å². The van der Waals surface area contributed by atoms with Gasteiger partial charge in [-0.25, -0.2) is 0 Å². The zero-order valence-electron chi connectivity index (χ0n) is 18.1. The Bertz CT molecular complexity index is 1340. The number of aromatic nitrogens is 4. The number of thioether (sulfide) groups is 1. The number of aromatic amines is 1. The maximum atomic E-state index is 12.9. The van der Waals surface area contributed by atoms with E-state index in [4.69, 9.17) is 9.47 Å². The molecule has 1 saturated carbocycles. The molecule has 6 rings (SSSR count). The van der Waals surface area contributed by atoms with Gasteiger partial charge in [0.2, 0.25) is 5.91 Å². The Morgan fingerprint density at radius 3 is 2.82 bits per heavy atom. The van der Waals surface area contributed by atoms with Crippen LogP contribution in [0.5, 0.6) is 11.5 Å². The van der Waals surface area contributed by atoms with Crippen LogP contribution in [0, 0.1) is 0 Å². The first-order valence-corrected chi connectivity index (χ1v) is 11.9. The third kappa shape index (κ3) is 3.82. The number of benzene rings is 2. The number of nitrogens with zero attached hydrogens (tertiary/aromatic N) is 3. The molecule has 9 heteroatoms. The summed E-state index contributed by atoms with van der Waals surface area (Å²) in [6, 6.07) is 14.0. The molecule has 168 valence electrons. The van der Waals surface area contributed by atoms with Crippen LogP contribution >= 0.6 is 11.8 Å². The number of carbonyl (C=O) groups excluding carboxylic acids is 1. The van der Waals surface area contributed by atoms with Crippen molar-refractivity contribution in [2.75, 3.05) is 18.5 Å². The third-order valence-corrected chi connectivity index (χ3v) is 6.92. The van der Waals surface area contributed by atoms with Crippen molar-refractivity contribution < 1.29 is 14.3 Å². The molecule has 1 unspecified atom stereocenters. The van der Waals surface area contributed by atoms with E-state index in [-0.39, 0.29) is 11.2 Å². The standard InChI is InChI=1S/C24H23N5O3S/c1-14(23(30)26-15-6-9-20-21(12-15)32-11-10-31-20)33-24-28-27-22(29(24)16-7-8-16)18-13-25-19-5-3-2-4-17(18)19/h2-6,9,12-14,16,25H,7-8,10-11H2,1H3,(H,26,30). The number of hydrogen-bond donors (Lipinski definition) is 2. The molecule has 0 radical (unpaired) electrons. The minimum atomic E-state index is -0.351. The molecule has 1 fully saturated rings. The molecule has 1 amide bonds.